The van der Waals surface area contributed by atoms with Gasteiger partial charge in [0, 0.05) is 19.1 Å². The summed E-state index contributed by atoms with van der Waals surface area (Å²) in [7, 11) is 0. The fourth-order valence-corrected chi connectivity index (χ4v) is 3.20. The molecule has 2 amide bonds. The van der Waals surface area contributed by atoms with Crippen LogP contribution < -0.4 is 11.1 Å². The highest BCUT2D eigenvalue weighted by molar-refractivity contribution is 5.74. The van der Waals surface area contributed by atoms with Crippen LogP contribution in [0.3, 0.4) is 0 Å². The number of nitrogens with one attached hydrogen (secondary N) is 1. The summed E-state index contributed by atoms with van der Waals surface area (Å²) in [5.74, 6) is 0.481. The number of hydrogen-bond acceptors (Lipinski definition) is 2. The van der Waals surface area contributed by atoms with Crippen molar-refractivity contribution in [2.45, 2.75) is 57.4 Å². The van der Waals surface area contributed by atoms with Gasteiger partial charge in [-0.05, 0) is 38.1 Å². The van der Waals surface area contributed by atoms with Crippen molar-refractivity contribution in [3.63, 3.8) is 0 Å². The molecule has 1 saturated heterocycles. The number of nitrogens with zero attached hydrogens (tertiary/aromatic N) is 1. The molecule has 2 atom stereocenters. The predicted molar refractivity (Wildman–Crippen MR) is 73.4 cm³/mol. The van der Waals surface area contributed by atoms with Crippen molar-refractivity contribution in [1.29, 1.82) is 0 Å². The molecule has 0 spiro atoms. The molecule has 4 heteroatoms. The zero-order chi connectivity index (χ0) is 12.8. The summed E-state index contributed by atoms with van der Waals surface area (Å²) in [6.07, 6.45) is 9.58. The van der Waals surface area contributed by atoms with E-state index in [1.807, 2.05) is 4.90 Å². The van der Waals surface area contributed by atoms with Crippen molar-refractivity contribution < 1.29 is 4.79 Å². The topological polar surface area (TPSA) is 58.4 Å². The van der Waals surface area contributed by atoms with E-state index in [-0.39, 0.29) is 6.03 Å². The lowest BCUT2D eigenvalue weighted by Crippen LogP contribution is -2.50. The highest BCUT2D eigenvalue weighted by atomic mass is 16.2. The fraction of sp³-hybridized carbons (Fsp3) is 0.929. The van der Waals surface area contributed by atoms with Gasteiger partial charge in [0.05, 0.1) is 0 Å². The maximum atomic E-state index is 12.3. The van der Waals surface area contributed by atoms with Gasteiger partial charge < -0.3 is 16.0 Å². The average Bonchev–Trinajstić information content (AvgIpc) is 2.68. The molecule has 1 saturated carbocycles. The SMILES string of the molecule is NCC1CCCCC1NC(=O)N1CCCCCC1. The minimum Gasteiger partial charge on any atom is -0.335 e. The van der Waals surface area contributed by atoms with Crippen molar-refractivity contribution in [2.24, 2.45) is 11.7 Å². The smallest absolute Gasteiger partial charge is 0.317 e. The summed E-state index contributed by atoms with van der Waals surface area (Å²) in [5, 5.41) is 3.22. The van der Waals surface area contributed by atoms with Crippen LogP contribution in [-0.2, 0) is 0 Å². The molecule has 1 aliphatic heterocycles. The van der Waals surface area contributed by atoms with Gasteiger partial charge in [-0.1, -0.05) is 25.7 Å². The number of likely N-dealkylation sites (tertiary alicyclic amines) is 1. The van der Waals surface area contributed by atoms with Crippen LogP contribution in [0, 0.1) is 5.92 Å². The quantitative estimate of drug-likeness (QED) is 0.791. The molecule has 0 radical (unpaired) electrons. The summed E-state index contributed by atoms with van der Waals surface area (Å²) in [6.45, 7) is 2.54. The van der Waals surface area contributed by atoms with E-state index >= 15 is 0 Å². The van der Waals surface area contributed by atoms with Crippen molar-refractivity contribution in [3.05, 3.63) is 0 Å². The molecular formula is C14H27N3O. The number of carbonyl (C=O) groups excluding carboxylic acids is 1. The Labute approximate surface area is 110 Å². The Morgan fingerprint density at radius 3 is 2.39 bits per heavy atom. The van der Waals surface area contributed by atoms with Crippen molar-refractivity contribution in [1.82, 2.24) is 10.2 Å². The second-order valence-electron chi connectivity index (χ2n) is 5.74. The van der Waals surface area contributed by atoms with Crippen molar-refractivity contribution in [3.8, 4) is 0 Å². The van der Waals surface area contributed by atoms with Crippen LogP contribution in [0.25, 0.3) is 0 Å². The predicted octanol–water partition coefficient (Wildman–Crippen LogP) is 2.09. The Bertz CT molecular complexity index is 262. The largest absolute Gasteiger partial charge is 0.335 e. The minimum atomic E-state index is 0.141. The highest BCUT2D eigenvalue weighted by Gasteiger charge is 2.27. The molecule has 0 aromatic carbocycles. The van der Waals surface area contributed by atoms with Crippen molar-refractivity contribution in [2.75, 3.05) is 19.6 Å². The Morgan fingerprint density at radius 1 is 1.06 bits per heavy atom. The van der Waals surface area contributed by atoms with Crippen LogP contribution in [0.15, 0.2) is 0 Å². The third kappa shape index (κ3) is 3.61. The molecule has 1 heterocycles. The van der Waals surface area contributed by atoms with Crippen LogP contribution in [0.5, 0.6) is 0 Å². The molecule has 104 valence electrons. The van der Waals surface area contributed by atoms with E-state index in [2.05, 4.69) is 5.32 Å². The molecule has 2 aliphatic rings. The summed E-state index contributed by atoms with van der Waals surface area (Å²) in [4.78, 5) is 14.2. The van der Waals surface area contributed by atoms with Gasteiger partial charge in [0.25, 0.3) is 0 Å². The molecule has 0 aromatic heterocycles. The maximum Gasteiger partial charge on any atom is 0.317 e. The van der Waals surface area contributed by atoms with E-state index in [1.54, 1.807) is 0 Å². The van der Waals surface area contributed by atoms with Gasteiger partial charge >= 0.3 is 6.03 Å². The monoisotopic (exact) mass is 253 g/mol. The summed E-state index contributed by atoms with van der Waals surface area (Å²) in [5.41, 5.74) is 5.81. The first-order valence-electron chi connectivity index (χ1n) is 7.57. The molecule has 18 heavy (non-hydrogen) atoms. The zero-order valence-corrected chi connectivity index (χ0v) is 11.4. The Balaban J connectivity index is 1.84. The number of amides is 2. The molecule has 2 fully saturated rings. The normalized spacial score (nSPS) is 29.7. The lowest BCUT2D eigenvalue weighted by atomic mass is 9.84. The first kappa shape index (κ1) is 13.7. The van der Waals surface area contributed by atoms with Crippen LogP contribution in [0.1, 0.15) is 51.4 Å². The van der Waals surface area contributed by atoms with E-state index < -0.39 is 0 Å². The maximum absolute atomic E-state index is 12.3. The van der Waals surface area contributed by atoms with Crippen LogP contribution in [0.4, 0.5) is 4.79 Å². The van der Waals surface area contributed by atoms with Gasteiger partial charge in [-0.15, -0.1) is 0 Å². The molecule has 2 rings (SSSR count). The number of urea groups is 1. The van der Waals surface area contributed by atoms with Gasteiger partial charge in [0.1, 0.15) is 0 Å². The summed E-state index contributed by atoms with van der Waals surface area (Å²) >= 11 is 0. The second-order valence-corrected chi connectivity index (χ2v) is 5.74. The van der Waals surface area contributed by atoms with Gasteiger partial charge in [0.15, 0.2) is 0 Å². The highest BCUT2D eigenvalue weighted by Crippen LogP contribution is 2.23. The molecule has 1 aliphatic carbocycles. The first-order valence-corrected chi connectivity index (χ1v) is 7.57. The number of nitrogens with two attached hydrogens (primary N) is 1. The van der Waals surface area contributed by atoms with Gasteiger partial charge in [-0.2, -0.15) is 0 Å². The summed E-state index contributed by atoms with van der Waals surface area (Å²) < 4.78 is 0. The van der Waals surface area contributed by atoms with E-state index in [0.29, 0.717) is 18.5 Å². The third-order valence-corrected chi connectivity index (χ3v) is 4.41. The number of rotatable bonds is 2. The molecule has 2 unspecified atom stereocenters. The lowest BCUT2D eigenvalue weighted by Gasteiger charge is -2.33. The standard InChI is InChI=1S/C14H27N3O/c15-11-12-7-3-4-8-13(12)16-14(18)17-9-5-1-2-6-10-17/h12-13H,1-11,15H2,(H,16,18). The van der Waals surface area contributed by atoms with E-state index in [9.17, 15) is 4.79 Å². The van der Waals surface area contributed by atoms with Gasteiger partial charge in [-0.25, -0.2) is 4.79 Å². The van der Waals surface area contributed by atoms with E-state index in [0.717, 1.165) is 32.4 Å². The summed E-state index contributed by atoms with van der Waals surface area (Å²) in [6, 6.07) is 0.446. The Hall–Kier alpha value is -0.770. The van der Waals surface area contributed by atoms with Gasteiger partial charge in [0.2, 0.25) is 0 Å². The second kappa shape index (κ2) is 6.98. The molecule has 0 bridgehead atoms. The number of carbonyl (C=O) groups is 1. The Morgan fingerprint density at radius 2 is 1.72 bits per heavy atom. The first-order chi connectivity index (χ1) is 8.81. The molecule has 4 nitrogen and oxygen atoms in total. The minimum absolute atomic E-state index is 0.141. The zero-order valence-electron chi connectivity index (χ0n) is 11.4. The van der Waals surface area contributed by atoms with E-state index in [1.165, 1.54) is 32.1 Å². The molecular weight excluding hydrogens is 226 g/mol. The average molecular weight is 253 g/mol. The van der Waals surface area contributed by atoms with Crippen LogP contribution in [-0.4, -0.2) is 36.6 Å². The third-order valence-electron chi connectivity index (χ3n) is 4.41. The van der Waals surface area contributed by atoms with Crippen molar-refractivity contribution >= 4 is 6.03 Å². The lowest BCUT2D eigenvalue weighted by molar-refractivity contribution is 0.182. The number of hydrogen-bond donors (Lipinski definition) is 2. The van der Waals surface area contributed by atoms with E-state index in [4.69, 9.17) is 5.73 Å². The van der Waals surface area contributed by atoms with Gasteiger partial charge in [-0.3, -0.25) is 0 Å². The Kier molecular flexibility index (Phi) is 5.29. The van der Waals surface area contributed by atoms with Crippen LogP contribution in [0.2, 0.25) is 0 Å². The fourth-order valence-electron chi connectivity index (χ4n) is 3.20. The molecule has 3 N–H and O–H groups in total. The van der Waals surface area contributed by atoms with Crippen LogP contribution >= 0.6 is 0 Å². The molecule has 0 aromatic rings.